The number of rotatable bonds is 5. The van der Waals surface area contributed by atoms with E-state index in [1.807, 2.05) is 37.3 Å². The Bertz CT molecular complexity index is 407. The number of benzene rings is 1. The first kappa shape index (κ1) is 14.0. The lowest BCUT2D eigenvalue weighted by molar-refractivity contribution is -0.143. The highest BCUT2D eigenvalue weighted by molar-refractivity contribution is 5.81. The molecule has 0 bridgehead atoms. The van der Waals surface area contributed by atoms with Gasteiger partial charge in [0.25, 0.3) is 5.91 Å². The molecule has 104 valence electrons. The molecule has 1 aromatic carbocycles. The van der Waals surface area contributed by atoms with Crippen LogP contribution in [0.5, 0.6) is 0 Å². The summed E-state index contributed by atoms with van der Waals surface area (Å²) in [5.41, 5.74) is 1.06. The Labute approximate surface area is 114 Å². The number of carbonyl (C=O) groups excluding carboxylic acids is 1. The lowest BCUT2D eigenvalue weighted by Crippen LogP contribution is -2.42. The minimum absolute atomic E-state index is 0.0112. The fourth-order valence-corrected chi connectivity index (χ4v) is 2.38. The van der Waals surface area contributed by atoms with E-state index >= 15 is 0 Å². The topological polar surface area (TPSA) is 49.8 Å². The summed E-state index contributed by atoms with van der Waals surface area (Å²) in [5, 5.41) is 9.14. The lowest BCUT2D eigenvalue weighted by Gasteiger charge is -2.26. The average molecular weight is 263 g/mol. The van der Waals surface area contributed by atoms with E-state index in [1.165, 1.54) is 0 Å². The van der Waals surface area contributed by atoms with Crippen molar-refractivity contribution in [1.29, 1.82) is 0 Å². The molecule has 0 spiro atoms. The molecule has 1 aliphatic heterocycles. The first-order valence-corrected chi connectivity index (χ1v) is 6.77. The summed E-state index contributed by atoms with van der Waals surface area (Å²) in [6, 6.07) is 9.81. The van der Waals surface area contributed by atoms with Crippen LogP contribution in [-0.2, 0) is 16.1 Å². The van der Waals surface area contributed by atoms with Gasteiger partial charge in [-0.2, -0.15) is 0 Å². The van der Waals surface area contributed by atoms with Crippen molar-refractivity contribution in [1.82, 2.24) is 4.90 Å². The molecule has 4 nitrogen and oxygen atoms in total. The molecule has 1 heterocycles. The molecule has 1 N–H and O–H groups in total. The Balaban J connectivity index is 2.04. The second kappa shape index (κ2) is 6.68. The van der Waals surface area contributed by atoms with Gasteiger partial charge in [0.05, 0.1) is 6.61 Å². The smallest absolute Gasteiger partial charge is 0.252 e. The van der Waals surface area contributed by atoms with Crippen LogP contribution >= 0.6 is 0 Å². The molecule has 0 saturated carbocycles. The van der Waals surface area contributed by atoms with Gasteiger partial charge < -0.3 is 14.7 Å². The average Bonchev–Trinajstić information content (AvgIpc) is 2.85. The van der Waals surface area contributed by atoms with Gasteiger partial charge in [0.1, 0.15) is 6.10 Å². The van der Waals surface area contributed by atoms with E-state index in [1.54, 1.807) is 4.90 Å². The molecule has 2 unspecified atom stereocenters. The molecular formula is C15H21NO3. The van der Waals surface area contributed by atoms with Crippen molar-refractivity contribution in [2.24, 2.45) is 5.92 Å². The summed E-state index contributed by atoms with van der Waals surface area (Å²) in [6.07, 6.45) is 0.574. The van der Waals surface area contributed by atoms with Crippen LogP contribution in [0.1, 0.15) is 18.9 Å². The number of aliphatic hydroxyl groups is 1. The third-order valence-corrected chi connectivity index (χ3v) is 3.53. The molecule has 0 aromatic heterocycles. The van der Waals surface area contributed by atoms with Crippen LogP contribution in [0, 0.1) is 5.92 Å². The fourth-order valence-electron chi connectivity index (χ4n) is 2.38. The molecule has 1 aliphatic rings. The molecule has 1 saturated heterocycles. The van der Waals surface area contributed by atoms with Gasteiger partial charge in [-0.25, -0.2) is 0 Å². The standard InChI is InChI=1S/C15H21NO3/c1-12-7-10-19-14(12)15(18)16(8-9-17)11-13-5-3-2-4-6-13/h2-6,12,14,17H,7-11H2,1H3. The van der Waals surface area contributed by atoms with Crippen LogP contribution in [0.4, 0.5) is 0 Å². The van der Waals surface area contributed by atoms with Gasteiger partial charge in [-0.3, -0.25) is 4.79 Å². The molecule has 1 aromatic rings. The van der Waals surface area contributed by atoms with Gasteiger partial charge >= 0.3 is 0 Å². The molecular weight excluding hydrogens is 242 g/mol. The van der Waals surface area contributed by atoms with Crippen LogP contribution in [0.2, 0.25) is 0 Å². The first-order chi connectivity index (χ1) is 9.22. The third-order valence-electron chi connectivity index (χ3n) is 3.53. The molecule has 2 rings (SSSR count). The van der Waals surface area contributed by atoms with E-state index < -0.39 is 0 Å². The van der Waals surface area contributed by atoms with Crippen LogP contribution in [0.15, 0.2) is 30.3 Å². The Kier molecular flexibility index (Phi) is 4.93. The van der Waals surface area contributed by atoms with Crippen molar-refractivity contribution in [3.8, 4) is 0 Å². The van der Waals surface area contributed by atoms with Gasteiger partial charge in [0.15, 0.2) is 0 Å². The maximum atomic E-state index is 12.4. The van der Waals surface area contributed by atoms with E-state index in [2.05, 4.69) is 0 Å². The Morgan fingerprint density at radius 2 is 2.16 bits per heavy atom. The highest BCUT2D eigenvalue weighted by atomic mass is 16.5. The van der Waals surface area contributed by atoms with Crippen molar-refractivity contribution in [3.05, 3.63) is 35.9 Å². The van der Waals surface area contributed by atoms with E-state index in [-0.39, 0.29) is 24.5 Å². The van der Waals surface area contributed by atoms with Crippen molar-refractivity contribution in [3.63, 3.8) is 0 Å². The number of carbonyl (C=O) groups is 1. The minimum Gasteiger partial charge on any atom is -0.395 e. The minimum atomic E-state index is -0.352. The maximum absolute atomic E-state index is 12.4. The van der Waals surface area contributed by atoms with Gasteiger partial charge in [-0.05, 0) is 17.9 Å². The second-order valence-corrected chi connectivity index (χ2v) is 5.03. The number of hydrogen-bond donors (Lipinski definition) is 1. The zero-order valence-electron chi connectivity index (χ0n) is 11.3. The van der Waals surface area contributed by atoms with Crippen molar-refractivity contribution >= 4 is 5.91 Å². The molecule has 1 fully saturated rings. The fraction of sp³-hybridized carbons (Fsp3) is 0.533. The molecule has 0 aliphatic carbocycles. The van der Waals surface area contributed by atoms with E-state index in [0.29, 0.717) is 19.7 Å². The summed E-state index contributed by atoms with van der Waals surface area (Å²) >= 11 is 0. The third kappa shape index (κ3) is 3.55. The van der Waals surface area contributed by atoms with Gasteiger partial charge in [0.2, 0.25) is 0 Å². The maximum Gasteiger partial charge on any atom is 0.252 e. The number of aliphatic hydroxyl groups excluding tert-OH is 1. The van der Waals surface area contributed by atoms with Crippen molar-refractivity contribution in [2.45, 2.75) is 26.0 Å². The summed E-state index contributed by atoms with van der Waals surface area (Å²) in [5.74, 6) is 0.243. The van der Waals surface area contributed by atoms with E-state index in [0.717, 1.165) is 12.0 Å². The summed E-state index contributed by atoms with van der Waals surface area (Å²) in [4.78, 5) is 14.1. The molecule has 0 radical (unpaired) electrons. The summed E-state index contributed by atoms with van der Waals surface area (Å²) < 4.78 is 5.52. The molecule has 1 amide bonds. The molecule has 19 heavy (non-hydrogen) atoms. The number of ether oxygens (including phenoxy) is 1. The van der Waals surface area contributed by atoms with Crippen molar-refractivity contribution < 1.29 is 14.6 Å². The number of amides is 1. The SMILES string of the molecule is CC1CCOC1C(=O)N(CCO)Cc1ccccc1. The Morgan fingerprint density at radius 3 is 2.74 bits per heavy atom. The van der Waals surface area contributed by atoms with Crippen LogP contribution in [-0.4, -0.2) is 41.8 Å². The quantitative estimate of drug-likeness (QED) is 0.874. The first-order valence-electron chi connectivity index (χ1n) is 6.77. The summed E-state index contributed by atoms with van der Waals surface area (Å²) in [7, 11) is 0. The molecule has 2 atom stereocenters. The Hall–Kier alpha value is -1.39. The van der Waals surface area contributed by atoms with E-state index in [4.69, 9.17) is 9.84 Å². The largest absolute Gasteiger partial charge is 0.395 e. The highest BCUT2D eigenvalue weighted by Gasteiger charge is 2.33. The normalized spacial score (nSPS) is 22.4. The monoisotopic (exact) mass is 263 g/mol. The zero-order valence-corrected chi connectivity index (χ0v) is 11.3. The predicted molar refractivity (Wildman–Crippen MR) is 72.5 cm³/mol. The lowest BCUT2D eigenvalue weighted by atomic mass is 10.0. The Morgan fingerprint density at radius 1 is 1.42 bits per heavy atom. The van der Waals surface area contributed by atoms with Gasteiger partial charge in [-0.1, -0.05) is 37.3 Å². The van der Waals surface area contributed by atoms with Gasteiger partial charge in [-0.15, -0.1) is 0 Å². The van der Waals surface area contributed by atoms with Gasteiger partial charge in [0, 0.05) is 19.7 Å². The number of hydrogen-bond acceptors (Lipinski definition) is 3. The zero-order chi connectivity index (χ0) is 13.7. The predicted octanol–water partition coefficient (Wildman–Crippen LogP) is 1.43. The van der Waals surface area contributed by atoms with E-state index in [9.17, 15) is 4.79 Å². The number of nitrogens with zero attached hydrogens (tertiary/aromatic N) is 1. The highest BCUT2D eigenvalue weighted by Crippen LogP contribution is 2.22. The van der Waals surface area contributed by atoms with Crippen LogP contribution < -0.4 is 0 Å². The van der Waals surface area contributed by atoms with Crippen LogP contribution in [0.3, 0.4) is 0 Å². The molecule has 4 heteroatoms. The second-order valence-electron chi connectivity index (χ2n) is 5.03. The summed E-state index contributed by atoms with van der Waals surface area (Å²) in [6.45, 7) is 3.53. The van der Waals surface area contributed by atoms with Crippen molar-refractivity contribution in [2.75, 3.05) is 19.8 Å². The van der Waals surface area contributed by atoms with Crippen LogP contribution in [0.25, 0.3) is 0 Å².